The van der Waals surface area contributed by atoms with E-state index in [0.717, 1.165) is 63.7 Å². The van der Waals surface area contributed by atoms with Gasteiger partial charge in [0.1, 0.15) is 0 Å². The molecule has 3 rings (SSSR count). The summed E-state index contributed by atoms with van der Waals surface area (Å²) in [4.78, 5) is 7.60. The Morgan fingerprint density at radius 1 is 1.10 bits per heavy atom. The molecule has 5 nitrogen and oxygen atoms in total. The highest BCUT2D eigenvalue weighted by molar-refractivity contribution is 14.0. The van der Waals surface area contributed by atoms with Gasteiger partial charge in [0, 0.05) is 12.6 Å². The van der Waals surface area contributed by atoms with Crippen LogP contribution in [0, 0.1) is 5.92 Å². The van der Waals surface area contributed by atoms with E-state index in [4.69, 9.17) is 4.99 Å². The third-order valence-electron chi connectivity index (χ3n) is 6.25. The minimum atomic E-state index is -0.124. The number of aliphatic imine (C=N–C) groups is 1. The summed E-state index contributed by atoms with van der Waals surface area (Å²) in [5.41, 5.74) is 1.36. The number of halogens is 1. The fourth-order valence-corrected chi connectivity index (χ4v) is 4.36. The highest BCUT2D eigenvalue weighted by Gasteiger charge is 2.25. The Balaban J connectivity index is 0.00000300. The first-order valence-corrected chi connectivity index (χ1v) is 11.2. The molecular weight excluding hydrogens is 475 g/mol. The molecule has 1 aliphatic heterocycles. The summed E-state index contributed by atoms with van der Waals surface area (Å²) in [5, 5.41) is 16.8. The van der Waals surface area contributed by atoms with Gasteiger partial charge < -0.3 is 15.7 Å². The summed E-state index contributed by atoms with van der Waals surface area (Å²) < 4.78 is 0. The molecule has 1 unspecified atom stereocenters. The van der Waals surface area contributed by atoms with Gasteiger partial charge in [-0.2, -0.15) is 0 Å². The van der Waals surface area contributed by atoms with Gasteiger partial charge in [0.25, 0.3) is 0 Å². The summed E-state index contributed by atoms with van der Waals surface area (Å²) >= 11 is 0. The molecule has 1 aromatic rings. The van der Waals surface area contributed by atoms with Crippen LogP contribution in [0.5, 0.6) is 0 Å². The van der Waals surface area contributed by atoms with Crippen molar-refractivity contribution in [1.82, 2.24) is 15.5 Å². The SMILES string of the molecule is CCNC(=NCC(c1ccccc1)N1CCC(C)CC1)NC1CCC(O)CC1.I. The van der Waals surface area contributed by atoms with Crippen molar-refractivity contribution in [2.24, 2.45) is 10.9 Å². The van der Waals surface area contributed by atoms with E-state index in [2.05, 4.69) is 59.7 Å². The molecule has 0 spiro atoms. The lowest BCUT2D eigenvalue weighted by Crippen LogP contribution is -2.46. The normalized spacial score (nSPS) is 25.1. The first-order valence-electron chi connectivity index (χ1n) is 11.2. The number of hydrogen-bond donors (Lipinski definition) is 3. The molecule has 0 bridgehead atoms. The Morgan fingerprint density at radius 2 is 1.76 bits per heavy atom. The summed E-state index contributed by atoms with van der Waals surface area (Å²) in [6, 6.07) is 11.6. The molecule has 2 fully saturated rings. The molecule has 6 heteroatoms. The van der Waals surface area contributed by atoms with Gasteiger partial charge in [-0.05, 0) is 70.0 Å². The number of aliphatic hydroxyl groups excluding tert-OH is 1. The maximum absolute atomic E-state index is 9.75. The number of likely N-dealkylation sites (tertiary alicyclic amines) is 1. The Bertz CT molecular complexity index is 596. The van der Waals surface area contributed by atoms with Gasteiger partial charge in [-0.25, -0.2) is 0 Å². The zero-order valence-electron chi connectivity index (χ0n) is 18.0. The second-order valence-corrected chi connectivity index (χ2v) is 8.51. The van der Waals surface area contributed by atoms with Crippen molar-refractivity contribution in [3.63, 3.8) is 0 Å². The van der Waals surface area contributed by atoms with Crippen LogP contribution in [-0.2, 0) is 0 Å². The molecule has 29 heavy (non-hydrogen) atoms. The van der Waals surface area contributed by atoms with E-state index in [1.807, 2.05) is 0 Å². The monoisotopic (exact) mass is 514 g/mol. The van der Waals surface area contributed by atoms with Gasteiger partial charge in [-0.3, -0.25) is 9.89 Å². The third kappa shape index (κ3) is 7.72. The Hall–Kier alpha value is -0.860. The van der Waals surface area contributed by atoms with Crippen LogP contribution in [0.2, 0.25) is 0 Å². The topological polar surface area (TPSA) is 59.9 Å². The van der Waals surface area contributed by atoms with Crippen LogP contribution in [0.4, 0.5) is 0 Å². The molecule has 164 valence electrons. The molecule has 0 amide bonds. The molecule has 0 aromatic heterocycles. The van der Waals surface area contributed by atoms with Crippen LogP contribution in [0.1, 0.15) is 64.0 Å². The fourth-order valence-electron chi connectivity index (χ4n) is 4.36. The maximum Gasteiger partial charge on any atom is 0.191 e. The lowest BCUT2D eigenvalue weighted by molar-refractivity contribution is 0.120. The van der Waals surface area contributed by atoms with Gasteiger partial charge in [0.05, 0.1) is 18.7 Å². The summed E-state index contributed by atoms with van der Waals surface area (Å²) in [6.45, 7) is 8.41. The average molecular weight is 514 g/mol. The third-order valence-corrected chi connectivity index (χ3v) is 6.25. The predicted octanol–water partition coefficient (Wildman–Crippen LogP) is 3.94. The van der Waals surface area contributed by atoms with Crippen molar-refractivity contribution >= 4 is 29.9 Å². The number of nitrogens with one attached hydrogen (secondary N) is 2. The predicted molar refractivity (Wildman–Crippen MR) is 132 cm³/mol. The molecule has 1 saturated heterocycles. The molecule has 0 radical (unpaired) electrons. The van der Waals surface area contributed by atoms with Crippen LogP contribution in [0.15, 0.2) is 35.3 Å². The number of hydrogen-bond acceptors (Lipinski definition) is 3. The molecule has 1 heterocycles. The quantitative estimate of drug-likeness (QED) is 0.306. The first-order chi connectivity index (χ1) is 13.7. The summed E-state index contributed by atoms with van der Waals surface area (Å²) in [5.74, 6) is 1.74. The van der Waals surface area contributed by atoms with Gasteiger partial charge in [0.2, 0.25) is 0 Å². The molecule has 1 aromatic carbocycles. The maximum atomic E-state index is 9.75. The molecule has 3 N–H and O–H groups in total. The smallest absolute Gasteiger partial charge is 0.191 e. The Kier molecular flexibility index (Phi) is 10.7. The number of benzene rings is 1. The number of rotatable bonds is 6. The second-order valence-electron chi connectivity index (χ2n) is 8.51. The van der Waals surface area contributed by atoms with E-state index in [-0.39, 0.29) is 30.1 Å². The second kappa shape index (κ2) is 12.7. The van der Waals surface area contributed by atoms with Gasteiger partial charge in [0.15, 0.2) is 5.96 Å². The standard InChI is InChI=1S/C23H38N4O.HI/c1-3-24-23(26-20-9-11-21(28)12-10-20)25-17-22(19-7-5-4-6-8-19)27-15-13-18(2)14-16-27;/h4-8,18,20-22,28H,3,9-17H2,1-2H3,(H2,24,25,26);1H. The number of aliphatic hydroxyl groups is 1. The first kappa shape index (κ1) is 24.4. The zero-order chi connectivity index (χ0) is 19.8. The molecule has 1 aliphatic carbocycles. The van der Waals surface area contributed by atoms with E-state index < -0.39 is 0 Å². The van der Waals surface area contributed by atoms with Gasteiger partial charge in [-0.15, -0.1) is 24.0 Å². The Labute approximate surface area is 193 Å². The van der Waals surface area contributed by atoms with Crippen LogP contribution in [0.25, 0.3) is 0 Å². The number of piperidine rings is 1. The highest BCUT2D eigenvalue weighted by atomic mass is 127. The largest absolute Gasteiger partial charge is 0.393 e. The zero-order valence-corrected chi connectivity index (χ0v) is 20.3. The summed E-state index contributed by atoms with van der Waals surface area (Å²) in [6.07, 6.45) is 6.22. The van der Waals surface area contributed by atoms with Crippen LogP contribution in [0.3, 0.4) is 0 Å². The Morgan fingerprint density at radius 3 is 2.38 bits per heavy atom. The van der Waals surface area contributed by atoms with Crippen molar-refractivity contribution in [1.29, 1.82) is 0 Å². The van der Waals surface area contributed by atoms with Crippen molar-refractivity contribution in [2.75, 3.05) is 26.2 Å². The van der Waals surface area contributed by atoms with Crippen LogP contribution in [-0.4, -0.2) is 54.3 Å². The molecular formula is C23H39IN4O. The van der Waals surface area contributed by atoms with E-state index in [1.165, 1.54) is 18.4 Å². The molecule has 1 saturated carbocycles. The van der Waals surface area contributed by atoms with E-state index in [9.17, 15) is 5.11 Å². The fraction of sp³-hybridized carbons (Fsp3) is 0.696. The van der Waals surface area contributed by atoms with Crippen molar-refractivity contribution < 1.29 is 5.11 Å². The lowest BCUT2D eigenvalue weighted by Gasteiger charge is -2.36. The van der Waals surface area contributed by atoms with Crippen molar-refractivity contribution in [3.05, 3.63) is 35.9 Å². The van der Waals surface area contributed by atoms with Crippen molar-refractivity contribution in [2.45, 2.75) is 70.6 Å². The minimum absolute atomic E-state index is 0. The van der Waals surface area contributed by atoms with Crippen LogP contribution < -0.4 is 10.6 Å². The molecule has 1 atom stereocenters. The minimum Gasteiger partial charge on any atom is -0.393 e. The lowest BCUT2D eigenvalue weighted by atomic mass is 9.93. The average Bonchev–Trinajstić information content (AvgIpc) is 2.72. The number of guanidine groups is 1. The van der Waals surface area contributed by atoms with Gasteiger partial charge >= 0.3 is 0 Å². The highest BCUT2D eigenvalue weighted by Crippen LogP contribution is 2.27. The van der Waals surface area contributed by atoms with E-state index in [0.29, 0.717) is 12.1 Å². The van der Waals surface area contributed by atoms with E-state index in [1.54, 1.807) is 0 Å². The summed E-state index contributed by atoms with van der Waals surface area (Å²) in [7, 11) is 0. The van der Waals surface area contributed by atoms with Crippen molar-refractivity contribution in [3.8, 4) is 0 Å². The van der Waals surface area contributed by atoms with Gasteiger partial charge in [-0.1, -0.05) is 37.3 Å². The molecule has 2 aliphatic rings. The van der Waals surface area contributed by atoms with Crippen LogP contribution >= 0.6 is 24.0 Å². The van der Waals surface area contributed by atoms with E-state index >= 15 is 0 Å². The number of nitrogens with zero attached hydrogens (tertiary/aromatic N) is 2.